The van der Waals surface area contributed by atoms with Gasteiger partial charge >= 0.3 is 0 Å². The van der Waals surface area contributed by atoms with Crippen LogP contribution < -0.4 is 0 Å². The minimum absolute atomic E-state index is 0.0646. The van der Waals surface area contributed by atoms with Gasteiger partial charge in [-0.2, -0.15) is 0 Å². The van der Waals surface area contributed by atoms with Crippen LogP contribution in [0.15, 0.2) is 172 Å². The minimum atomic E-state index is -0.625. The van der Waals surface area contributed by atoms with E-state index in [4.69, 9.17) is 32.5 Å². The monoisotopic (exact) mass is 651 g/mol. The van der Waals surface area contributed by atoms with Crippen molar-refractivity contribution < 1.29 is 22.5 Å². The van der Waals surface area contributed by atoms with Crippen molar-refractivity contribution in [1.29, 1.82) is 0 Å². The average Bonchev–Trinajstić information content (AvgIpc) is 3.85. The highest BCUT2D eigenvalue weighted by molar-refractivity contribution is 6.11. The molecule has 0 saturated heterocycles. The van der Waals surface area contributed by atoms with Crippen LogP contribution in [0.5, 0.6) is 0 Å². The highest BCUT2D eigenvalue weighted by Gasteiger charge is 2.19. The molecule has 0 bridgehead atoms. The van der Waals surface area contributed by atoms with E-state index >= 15 is 0 Å². The Morgan fingerprint density at radius 2 is 0.780 bits per heavy atom. The molecule has 0 aliphatic heterocycles. The molecule has 0 aliphatic carbocycles. The van der Waals surface area contributed by atoms with E-state index in [2.05, 4.69) is 4.98 Å². The topological polar surface area (TPSA) is 65.0 Å². The third kappa shape index (κ3) is 4.67. The minimum Gasteiger partial charge on any atom is -0.455 e. The molecule has 7 aromatic carbocycles. The summed E-state index contributed by atoms with van der Waals surface area (Å²) >= 11 is 0. The Morgan fingerprint density at radius 3 is 1.26 bits per heavy atom. The molecule has 0 spiro atoms. The Kier molecular flexibility index (Phi) is 4.52. The SMILES string of the molecule is [2H]c1c([2H])c([2H])c(-c2nc(-c3cc(-c4cccc5c4oc4ccccc45)cc(-c4cccc5c4oc4ccccc45)c3)nc(-c3c([2H])c([2H])c([2H])c([2H])c3[2H])n2)c([2H])c1[2H]. The highest BCUT2D eigenvalue weighted by atomic mass is 16.3. The predicted octanol–water partition coefficient (Wildman–Crippen LogP) is 12.0. The largest absolute Gasteiger partial charge is 0.455 e. The summed E-state index contributed by atoms with van der Waals surface area (Å²) in [6, 6.07) is 26.7. The standard InChI is InChI=1S/C45H27N3O2/c1-3-13-28(14-4-1)43-46-44(29-15-5-2-6-16-29)48-45(47-43)32-26-30(33-19-11-21-37-35-17-7-9-23-39(35)49-41(33)37)25-31(27-32)34-20-12-22-38-36-18-8-10-24-40(36)50-42(34)38/h1-27H/i1D,2D,3D,4D,5D,6D,13D,14D,15D,16D. The molecule has 3 heterocycles. The van der Waals surface area contributed by atoms with E-state index in [0.29, 0.717) is 39.0 Å². The molecule has 0 fully saturated rings. The summed E-state index contributed by atoms with van der Waals surface area (Å²) < 4.78 is 98.1. The Morgan fingerprint density at radius 1 is 0.380 bits per heavy atom. The van der Waals surface area contributed by atoms with Crippen LogP contribution in [0.3, 0.4) is 0 Å². The molecule has 234 valence electrons. The normalized spacial score (nSPS) is 14.4. The van der Waals surface area contributed by atoms with E-state index in [1.807, 2.05) is 103 Å². The van der Waals surface area contributed by atoms with Crippen LogP contribution in [0.4, 0.5) is 0 Å². The second kappa shape index (κ2) is 11.4. The van der Waals surface area contributed by atoms with Crippen LogP contribution in [-0.2, 0) is 0 Å². The number of benzene rings is 7. The lowest BCUT2D eigenvalue weighted by molar-refractivity contribution is 0.670. The van der Waals surface area contributed by atoms with E-state index in [-0.39, 0.29) is 28.6 Å². The maximum absolute atomic E-state index is 8.79. The predicted molar refractivity (Wildman–Crippen MR) is 202 cm³/mol. The molecule has 0 saturated carbocycles. The van der Waals surface area contributed by atoms with Crippen molar-refractivity contribution in [2.24, 2.45) is 0 Å². The van der Waals surface area contributed by atoms with Gasteiger partial charge in [-0.1, -0.05) is 133 Å². The lowest BCUT2D eigenvalue weighted by Crippen LogP contribution is -2.00. The lowest BCUT2D eigenvalue weighted by atomic mass is 9.94. The summed E-state index contributed by atoms with van der Waals surface area (Å²) in [6.07, 6.45) is 0. The number of rotatable bonds is 5. The second-order valence-electron chi connectivity index (χ2n) is 11.7. The fourth-order valence-electron chi connectivity index (χ4n) is 6.47. The number of aromatic nitrogens is 3. The van der Waals surface area contributed by atoms with Gasteiger partial charge in [-0.15, -0.1) is 0 Å². The molecule has 0 atom stereocenters. The smallest absolute Gasteiger partial charge is 0.164 e. The molecule has 0 unspecified atom stereocenters. The molecule has 0 radical (unpaired) electrons. The zero-order valence-electron chi connectivity index (χ0n) is 36.0. The maximum Gasteiger partial charge on any atom is 0.164 e. The number of hydrogen-bond donors (Lipinski definition) is 0. The van der Waals surface area contributed by atoms with Crippen LogP contribution in [0.1, 0.15) is 13.7 Å². The molecule has 5 heteroatoms. The van der Waals surface area contributed by atoms with Gasteiger partial charge in [0.2, 0.25) is 0 Å². The molecular formula is C45H27N3O2. The first-order valence-corrected chi connectivity index (χ1v) is 15.8. The van der Waals surface area contributed by atoms with Gasteiger partial charge in [0.05, 0.1) is 13.7 Å². The zero-order chi connectivity index (χ0) is 41.7. The molecule has 5 nitrogen and oxygen atoms in total. The van der Waals surface area contributed by atoms with Crippen molar-refractivity contribution in [3.05, 3.63) is 164 Å². The molecule has 3 aromatic heterocycles. The van der Waals surface area contributed by atoms with Crippen LogP contribution >= 0.6 is 0 Å². The molecule has 10 rings (SSSR count). The second-order valence-corrected chi connectivity index (χ2v) is 11.7. The van der Waals surface area contributed by atoms with E-state index in [9.17, 15) is 0 Å². The van der Waals surface area contributed by atoms with Gasteiger partial charge in [0.25, 0.3) is 0 Å². The Labute approximate surface area is 301 Å². The number of nitrogens with zero attached hydrogens (tertiary/aromatic N) is 3. The first-order valence-electron chi connectivity index (χ1n) is 20.8. The average molecular weight is 652 g/mol. The van der Waals surface area contributed by atoms with Crippen molar-refractivity contribution in [3.8, 4) is 56.4 Å². The fraction of sp³-hybridized carbons (Fsp3) is 0. The van der Waals surface area contributed by atoms with Crippen LogP contribution in [-0.4, -0.2) is 15.0 Å². The van der Waals surface area contributed by atoms with Crippen molar-refractivity contribution >= 4 is 43.9 Å². The van der Waals surface area contributed by atoms with Gasteiger partial charge in [-0.05, 0) is 41.5 Å². The molecule has 50 heavy (non-hydrogen) atoms. The maximum atomic E-state index is 8.79. The third-order valence-corrected chi connectivity index (χ3v) is 8.70. The van der Waals surface area contributed by atoms with Gasteiger partial charge < -0.3 is 8.83 Å². The van der Waals surface area contributed by atoms with Crippen LogP contribution in [0.25, 0.3) is 100 Å². The number of para-hydroxylation sites is 4. The van der Waals surface area contributed by atoms with E-state index < -0.39 is 60.4 Å². The summed E-state index contributed by atoms with van der Waals surface area (Å²) in [5, 5.41) is 3.65. The molecular weight excluding hydrogens is 615 g/mol. The summed E-state index contributed by atoms with van der Waals surface area (Å²) in [7, 11) is 0. The number of furan rings is 2. The van der Waals surface area contributed by atoms with E-state index in [0.717, 1.165) is 32.7 Å². The van der Waals surface area contributed by atoms with Gasteiger partial charge in [0.1, 0.15) is 22.3 Å². The van der Waals surface area contributed by atoms with Crippen molar-refractivity contribution in [2.75, 3.05) is 0 Å². The molecule has 10 aromatic rings. The summed E-state index contributed by atoms with van der Waals surface area (Å²) in [4.78, 5) is 13.9. The highest BCUT2D eigenvalue weighted by Crippen LogP contribution is 2.41. The van der Waals surface area contributed by atoms with Crippen molar-refractivity contribution in [3.63, 3.8) is 0 Å². The number of hydrogen-bond acceptors (Lipinski definition) is 5. The first kappa shape index (κ1) is 19.8. The van der Waals surface area contributed by atoms with Crippen molar-refractivity contribution in [2.45, 2.75) is 0 Å². The zero-order valence-corrected chi connectivity index (χ0v) is 26.0. The fourth-order valence-corrected chi connectivity index (χ4v) is 6.47. The quantitative estimate of drug-likeness (QED) is 0.185. The Bertz CT molecular complexity index is 3190. The number of fused-ring (bicyclic) bond motifs is 6. The van der Waals surface area contributed by atoms with E-state index in [1.165, 1.54) is 0 Å². The molecule has 0 aliphatic rings. The van der Waals surface area contributed by atoms with Gasteiger partial charge in [-0.3, -0.25) is 0 Å². The van der Waals surface area contributed by atoms with Gasteiger partial charge in [-0.25, -0.2) is 15.0 Å². The van der Waals surface area contributed by atoms with Crippen molar-refractivity contribution in [1.82, 2.24) is 15.0 Å². The Hall–Kier alpha value is -6.85. The van der Waals surface area contributed by atoms with E-state index in [1.54, 1.807) is 0 Å². The molecule has 0 N–H and O–H groups in total. The third-order valence-electron chi connectivity index (χ3n) is 8.70. The first-order chi connectivity index (χ1) is 28.9. The van der Waals surface area contributed by atoms with Crippen LogP contribution in [0.2, 0.25) is 0 Å². The molecule has 0 amide bonds. The van der Waals surface area contributed by atoms with Crippen LogP contribution in [0, 0.1) is 0 Å². The Balaban J connectivity index is 1.31. The van der Waals surface area contributed by atoms with Gasteiger partial charge in [0.15, 0.2) is 17.5 Å². The lowest BCUT2D eigenvalue weighted by Gasteiger charge is -2.13. The summed E-state index contributed by atoms with van der Waals surface area (Å²) in [5.74, 6) is -0.778. The summed E-state index contributed by atoms with van der Waals surface area (Å²) in [5.41, 5.74) is 5.13. The summed E-state index contributed by atoms with van der Waals surface area (Å²) in [6.45, 7) is 0. The van der Waals surface area contributed by atoms with Gasteiger partial charge in [0, 0.05) is 49.4 Å².